The molecule has 0 aliphatic heterocycles. The predicted octanol–water partition coefficient (Wildman–Crippen LogP) is -4.89. The van der Waals surface area contributed by atoms with Gasteiger partial charge in [-0.15, -0.1) is 0 Å². The van der Waals surface area contributed by atoms with Crippen LogP contribution in [0.1, 0.15) is 25.7 Å². The maximum absolute atomic E-state index is 10.3. The molecule has 0 saturated heterocycles. The molecule has 0 heterocycles. The molecule has 0 atom stereocenters. The van der Waals surface area contributed by atoms with Crippen LogP contribution in [-0.4, -0.2) is 136 Å². The first-order valence-electron chi connectivity index (χ1n) is 7.47. The molecular formula is C10H20MgO23P2S. The normalized spacial score (nSPS) is 10.4. The van der Waals surface area contributed by atoms with E-state index in [0.29, 0.717) is 0 Å². The zero-order chi connectivity index (χ0) is 30.7. The van der Waals surface area contributed by atoms with Gasteiger partial charge in [-0.2, -0.15) is 0 Å². The molecule has 0 amide bonds. The molecular weight excluding hydrogens is 606 g/mol. The van der Waals surface area contributed by atoms with Crippen LogP contribution in [0, 0.1) is 0 Å². The number of aliphatic carboxylic acids is 5. The van der Waals surface area contributed by atoms with Crippen LogP contribution >= 0.6 is 15.6 Å². The fraction of sp³-hybridized carbons (Fsp3) is 0.500. The van der Waals surface area contributed by atoms with Crippen LogP contribution in [0.5, 0.6) is 0 Å². The third-order valence-electron chi connectivity index (χ3n) is 1.84. The number of carboxylic acids is 5. The van der Waals surface area contributed by atoms with E-state index in [4.69, 9.17) is 86.7 Å². The van der Waals surface area contributed by atoms with Crippen molar-refractivity contribution in [2.45, 2.75) is 31.3 Å². The predicted molar refractivity (Wildman–Crippen MR) is 106 cm³/mol. The number of aliphatic hydroxyl groups is 1. The van der Waals surface area contributed by atoms with Crippen molar-refractivity contribution in [1.29, 1.82) is 0 Å². The van der Waals surface area contributed by atoms with Crippen LogP contribution in [-0.2, 0) is 43.5 Å². The van der Waals surface area contributed by atoms with Crippen molar-refractivity contribution in [3.8, 4) is 0 Å². The second kappa shape index (κ2) is 22.2. The summed E-state index contributed by atoms with van der Waals surface area (Å²) in [5, 5.41) is 49.6. The minimum atomic E-state index is -5.17. The molecule has 0 unspecified atom stereocenters. The van der Waals surface area contributed by atoms with Crippen molar-refractivity contribution in [3.05, 3.63) is 0 Å². The van der Waals surface area contributed by atoms with Gasteiger partial charge in [-0.1, -0.05) is 0 Å². The van der Waals surface area contributed by atoms with Gasteiger partial charge in [0, 0.05) is 10.4 Å². The average molecular weight is 627 g/mol. The fourth-order valence-electron chi connectivity index (χ4n) is 0.928. The number of carboxylic acid groups (broad SMARTS) is 5. The van der Waals surface area contributed by atoms with E-state index in [-0.39, 0.29) is 35.9 Å². The van der Waals surface area contributed by atoms with Crippen LogP contribution < -0.4 is 0 Å². The van der Waals surface area contributed by atoms with Gasteiger partial charge in [-0.25, -0.2) is 13.9 Å². The second-order valence-corrected chi connectivity index (χ2v) is 8.07. The summed E-state index contributed by atoms with van der Waals surface area (Å²) in [7, 11) is -14.4. The largest absolute Gasteiger partial charge is 2.00 e. The van der Waals surface area contributed by atoms with E-state index in [2.05, 4.69) is 0 Å². The summed E-state index contributed by atoms with van der Waals surface area (Å²) in [5.74, 6) is -7.17. The van der Waals surface area contributed by atoms with E-state index < -0.39 is 74.3 Å². The van der Waals surface area contributed by atoms with Crippen molar-refractivity contribution >= 4 is 78.9 Å². The molecule has 0 aromatic rings. The van der Waals surface area contributed by atoms with E-state index in [1.807, 2.05) is 0 Å². The van der Waals surface area contributed by atoms with Crippen molar-refractivity contribution in [1.82, 2.24) is 0 Å². The molecule has 0 bridgehead atoms. The number of hydrogen-bond donors (Lipinski definition) is 12. The zero-order valence-corrected chi connectivity index (χ0v) is 21.7. The Balaban J connectivity index is -0.0000000865. The minimum Gasteiger partial charge on any atom is -0.759 e. The molecule has 27 heteroatoms. The monoisotopic (exact) mass is 626 g/mol. The SMILES string of the molecule is O=C(O)CC(O)(CC(=O)O)C(=O)O.O=C(O)CCC(=O)O.O=P(O)(O)O.O=P(O)(O)O.O=S(=O)([O-])[O-].[Mg+2]. The Morgan fingerprint density at radius 3 is 0.865 bits per heavy atom. The van der Waals surface area contributed by atoms with Gasteiger partial charge in [-0.3, -0.25) is 27.6 Å². The molecule has 216 valence electrons. The molecule has 0 spiro atoms. The Labute approximate surface area is 220 Å². The number of carbonyl (C=O) groups is 5. The van der Waals surface area contributed by atoms with Crippen molar-refractivity contribution in [2.75, 3.05) is 0 Å². The summed E-state index contributed by atoms with van der Waals surface area (Å²) in [6.45, 7) is 0. The molecule has 12 N–H and O–H groups in total. The van der Waals surface area contributed by atoms with Crippen molar-refractivity contribution in [2.24, 2.45) is 0 Å². The average Bonchev–Trinajstić information content (AvgIpc) is 2.46. The zero-order valence-electron chi connectivity index (χ0n) is 17.7. The maximum Gasteiger partial charge on any atom is 2.00 e. The molecule has 23 nitrogen and oxygen atoms in total. The van der Waals surface area contributed by atoms with Crippen LogP contribution in [0.2, 0.25) is 0 Å². The Morgan fingerprint density at radius 1 is 0.622 bits per heavy atom. The molecule has 0 rings (SSSR count). The molecule has 0 radical (unpaired) electrons. The van der Waals surface area contributed by atoms with Gasteiger partial charge < -0.3 is 69.1 Å². The summed E-state index contributed by atoms with van der Waals surface area (Å²) >= 11 is 0. The number of hydrogen-bond acceptors (Lipinski definition) is 12. The van der Waals surface area contributed by atoms with Crippen LogP contribution in [0.3, 0.4) is 0 Å². The Morgan fingerprint density at radius 2 is 0.784 bits per heavy atom. The van der Waals surface area contributed by atoms with E-state index in [9.17, 15) is 24.0 Å². The van der Waals surface area contributed by atoms with Gasteiger partial charge in [0.25, 0.3) is 0 Å². The number of rotatable bonds is 8. The molecule has 0 saturated carbocycles. The third-order valence-corrected chi connectivity index (χ3v) is 1.84. The molecule has 0 fully saturated rings. The van der Waals surface area contributed by atoms with E-state index in [0.717, 1.165) is 0 Å². The summed E-state index contributed by atoms with van der Waals surface area (Å²) in [6, 6.07) is 0. The fourth-order valence-corrected chi connectivity index (χ4v) is 0.928. The molecule has 37 heavy (non-hydrogen) atoms. The van der Waals surface area contributed by atoms with Gasteiger partial charge in [-0.05, 0) is 0 Å². The topological polar surface area (TPSA) is 443 Å². The maximum atomic E-state index is 10.3. The second-order valence-electron chi connectivity index (χ2n) is 5.20. The van der Waals surface area contributed by atoms with Gasteiger partial charge in [0.1, 0.15) is 0 Å². The van der Waals surface area contributed by atoms with Crippen molar-refractivity contribution < 1.29 is 111 Å². The third kappa shape index (κ3) is 96.2. The number of phosphoric acid groups is 2. The molecule has 0 aliphatic rings. The molecule has 0 aromatic carbocycles. The Kier molecular flexibility index (Phi) is 28.9. The summed E-state index contributed by atoms with van der Waals surface area (Å²) in [4.78, 5) is 92.9. The van der Waals surface area contributed by atoms with Gasteiger partial charge in [0.2, 0.25) is 0 Å². The van der Waals surface area contributed by atoms with E-state index >= 15 is 0 Å². The van der Waals surface area contributed by atoms with Gasteiger partial charge >= 0.3 is 68.5 Å². The van der Waals surface area contributed by atoms with E-state index in [1.54, 1.807) is 0 Å². The van der Waals surface area contributed by atoms with Crippen LogP contribution in [0.25, 0.3) is 0 Å². The quantitative estimate of drug-likeness (QED) is 0.0519. The first-order valence-corrected chi connectivity index (χ1v) is 11.9. The summed E-state index contributed by atoms with van der Waals surface area (Å²) in [5.41, 5.74) is -2.74. The standard InChI is InChI=1S/C6H8O7.C4H6O4.Mg.2H3O4P.H2O4S/c7-3(8)1-6(13,5(11)12)2-4(9)10;5-3(6)1-2-4(7)8;;3*1-5(2,3)4/h13H,1-2H2,(H,7,8)(H,9,10)(H,11,12);1-2H2,(H,5,6)(H,7,8);;2*(H3,1,2,3,4);(H2,1,2,3,4)/q;;+2;;;/p-2. The molecule has 0 aliphatic carbocycles. The van der Waals surface area contributed by atoms with Gasteiger partial charge in [0.05, 0.1) is 25.7 Å². The first kappa shape index (κ1) is 48.3. The van der Waals surface area contributed by atoms with E-state index in [1.165, 1.54) is 0 Å². The molecule has 0 aromatic heterocycles. The Hall–Kier alpha value is -1.83. The van der Waals surface area contributed by atoms with Gasteiger partial charge in [0.15, 0.2) is 5.60 Å². The smallest absolute Gasteiger partial charge is 0.759 e. The minimum absolute atomic E-state index is 0. The first-order chi connectivity index (χ1) is 15.4. The Bertz CT molecular complexity index is 841. The van der Waals surface area contributed by atoms with Crippen molar-refractivity contribution in [3.63, 3.8) is 0 Å². The van der Waals surface area contributed by atoms with Crippen LogP contribution in [0.15, 0.2) is 0 Å². The summed E-state index contributed by atoms with van der Waals surface area (Å²) < 4.78 is 51.8. The van der Waals surface area contributed by atoms with Crippen LogP contribution in [0.4, 0.5) is 0 Å². The summed E-state index contributed by atoms with van der Waals surface area (Å²) in [6.07, 6.45) is -2.88.